The summed E-state index contributed by atoms with van der Waals surface area (Å²) >= 11 is 5.29. The number of hydrogen-bond donors (Lipinski definition) is 2. The Balaban J connectivity index is 1.57. The van der Waals surface area contributed by atoms with Gasteiger partial charge in [0.1, 0.15) is 11.0 Å². The Morgan fingerprint density at radius 3 is 2.46 bits per heavy atom. The van der Waals surface area contributed by atoms with Crippen molar-refractivity contribution in [3.63, 3.8) is 0 Å². The predicted octanol–water partition coefficient (Wildman–Crippen LogP) is 6.47. The van der Waals surface area contributed by atoms with Crippen LogP contribution in [0, 0.1) is 6.92 Å². The van der Waals surface area contributed by atoms with Crippen LogP contribution < -0.4 is 20.9 Å². The number of anilines is 3. The van der Waals surface area contributed by atoms with E-state index in [1.165, 1.54) is 0 Å². The maximum absolute atomic E-state index is 14.1. The van der Waals surface area contributed by atoms with E-state index in [1.807, 2.05) is 68.4 Å². The first kappa shape index (κ1) is 29.0. The van der Waals surface area contributed by atoms with Gasteiger partial charge in [-0.2, -0.15) is 0 Å². The number of fused-ring (bicyclic) bond motifs is 2. The van der Waals surface area contributed by atoms with Crippen molar-refractivity contribution in [2.24, 2.45) is 5.73 Å². The first-order valence-corrected chi connectivity index (χ1v) is 15.2. The van der Waals surface area contributed by atoms with Gasteiger partial charge in [0.25, 0.3) is 11.8 Å². The summed E-state index contributed by atoms with van der Waals surface area (Å²) in [5.74, 6) is -0.806. The van der Waals surface area contributed by atoms with E-state index >= 15 is 0 Å². The molecule has 3 aromatic carbocycles. The summed E-state index contributed by atoms with van der Waals surface area (Å²) in [6.45, 7) is 7.53. The minimum atomic E-state index is -1.13. The molecule has 0 fully saturated rings. The molecule has 1 aliphatic heterocycles. The highest BCUT2D eigenvalue weighted by atomic mass is 79.9. The van der Waals surface area contributed by atoms with E-state index in [0.717, 1.165) is 30.8 Å². The van der Waals surface area contributed by atoms with Gasteiger partial charge in [0.05, 0.1) is 21.4 Å². The summed E-state index contributed by atoms with van der Waals surface area (Å²) < 4.78 is 1.98. The highest BCUT2D eigenvalue weighted by Gasteiger charge is 2.36. The van der Waals surface area contributed by atoms with Crippen molar-refractivity contribution >= 4 is 71.5 Å². The highest BCUT2D eigenvalue weighted by molar-refractivity contribution is 9.10. The van der Waals surface area contributed by atoms with Crippen molar-refractivity contribution < 1.29 is 14.4 Å². The summed E-state index contributed by atoms with van der Waals surface area (Å²) in [7, 11) is 0. The summed E-state index contributed by atoms with van der Waals surface area (Å²) in [6, 6.07) is 20.5. The Morgan fingerprint density at radius 2 is 1.76 bits per heavy atom. The normalized spacial score (nSPS) is 15.4. The minimum Gasteiger partial charge on any atom is -0.343 e. The van der Waals surface area contributed by atoms with E-state index in [0.29, 0.717) is 36.2 Å². The van der Waals surface area contributed by atoms with Crippen molar-refractivity contribution in [2.75, 3.05) is 16.3 Å². The molecule has 3 amide bonds. The van der Waals surface area contributed by atoms with Crippen LogP contribution in [0.4, 0.5) is 16.4 Å². The Kier molecular flexibility index (Phi) is 8.05. The van der Waals surface area contributed by atoms with Gasteiger partial charge in [0.2, 0.25) is 5.91 Å². The SMILES string of the molecule is CCN(C(=O)c1cccc(N2C(=O)C(NC(=O)C(C)(C)N)CCc3ccccc32)c1C)c1sc2ccccc2c1Br. The van der Waals surface area contributed by atoms with Crippen molar-refractivity contribution in [3.05, 3.63) is 87.9 Å². The molecular formula is C32H33BrN4O3S. The second-order valence-corrected chi connectivity index (χ2v) is 12.6. The topological polar surface area (TPSA) is 95.7 Å². The van der Waals surface area contributed by atoms with Crippen LogP contribution >= 0.6 is 27.3 Å². The van der Waals surface area contributed by atoms with Crippen molar-refractivity contribution in [1.82, 2.24) is 5.32 Å². The number of halogens is 1. The fourth-order valence-corrected chi connectivity index (χ4v) is 7.25. The molecule has 4 aromatic rings. The van der Waals surface area contributed by atoms with Crippen LogP contribution in [-0.2, 0) is 16.0 Å². The number of hydrogen-bond acceptors (Lipinski definition) is 5. The van der Waals surface area contributed by atoms with Gasteiger partial charge in [-0.05, 0) is 91.9 Å². The van der Waals surface area contributed by atoms with Gasteiger partial charge in [-0.1, -0.05) is 42.5 Å². The lowest BCUT2D eigenvalue weighted by atomic mass is 10.0. The van der Waals surface area contributed by atoms with Crippen LogP contribution in [0.1, 0.15) is 48.7 Å². The molecule has 41 heavy (non-hydrogen) atoms. The second-order valence-electron chi connectivity index (χ2n) is 10.8. The number of carbonyl (C=O) groups excluding carboxylic acids is 3. The molecule has 0 bridgehead atoms. The Labute approximate surface area is 252 Å². The standard InChI is InChI=1S/C32H33BrN4O3S/c1-5-36(30-27(33)22-12-7-9-16-26(22)41-30)28(38)21-13-10-15-24(19(21)2)37-25-14-8-6-11-20(25)17-18-23(29(37)39)35-31(40)32(3,4)34/h6-16,23H,5,17-18,34H2,1-4H3,(H,35,40). The van der Waals surface area contributed by atoms with E-state index < -0.39 is 17.5 Å². The molecule has 0 radical (unpaired) electrons. The number of benzene rings is 3. The van der Waals surface area contributed by atoms with E-state index in [2.05, 4.69) is 21.2 Å². The van der Waals surface area contributed by atoms with E-state index in [1.54, 1.807) is 47.1 Å². The van der Waals surface area contributed by atoms with Crippen LogP contribution in [0.3, 0.4) is 0 Å². The van der Waals surface area contributed by atoms with Crippen LogP contribution in [0.25, 0.3) is 10.1 Å². The highest BCUT2D eigenvalue weighted by Crippen LogP contribution is 2.43. The second kappa shape index (κ2) is 11.4. The van der Waals surface area contributed by atoms with Crippen LogP contribution in [0.15, 0.2) is 71.2 Å². The average molecular weight is 634 g/mol. The van der Waals surface area contributed by atoms with Crippen LogP contribution in [0.5, 0.6) is 0 Å². The molecule has 0 saturated carbocycles. The summed E-state index contributed by atoms with van der Waals surface area (Å²) in [5.41, 5.74) is 8.43. The maximum atomic E-state index is 14.1. The number of para-hydroxylation sites is 1. The number of carbonyl (C=O) groups is 3. The fourth-order valence-electron chi connectivity index (χ4n) is 5.16. The number of nitrogens with two attached hydrogens (primary N) is 1. The molecule has 7 nitrogen and oxygen atoms in total. The number of thiophene rings is 1. The molecule has 1 unspecified atom stereocenters. The predicted molar refractivity (Wildman–Crippen MR) is 170 cm³/mol. The van der Waals surface area contributed by atoms with Gasteiger partial charge in [0.15, 0.2) is 0 Å². The summed E-state index contributed by atoms with van der Waals surface area (Å²) in [5, 5.41) is 4.77. The zero-order valence-corrected chi connectivity index (χ0v) is 25.9. The van der Waals surface area contributed by atoms with Gasteiger partial charge < -0.3 is 11.1 Å². The van der Waals surface area contributed by atoms with Crippen LogP contribution in [-0.4, -0.2) is 35.8 Å². The largest absolute Gasteiger partial charge is 0.343 e. The molecule has 1 aliphatic rings. The Morgan fingerprint density at radius 1 is 1.07 bits per heavy atom. The first-order chi connectivity index (χ1) is 19.5. The van der Waals surface area contributed by atoms with Gasteiger partial charge >= 0.3 is 0 Å². The molecule has 5 rings (SSSR count). The molecule has 3 N–H and O–H groups in total. The van der Waals surface area contributed by atoms with E-state index in [-0.39, 0.29) is 11.8 Å². The van der Waals surface area contributed by atoms with Gasteiger partial charge in [-0.15, -0.1) is 11.3 Å². The molecule has 1 aromatic heterocycles. The molecule has 0 saturated heterocycles. The number of aryl methyl sites for hydroxylation is 1. The van der Waals surface area contributed by atoms with Crippen molar-refractivity contribution in [2.45, 2.75) is 52.1 Å². The number of amides is 3. The van der Waals surface area contributed by atoms with Gasteiger partial charge in [-0.25, -0.2) is 0 Å². The van der Waals surface area contributed by atoms with Gasteiger partial charge in [0, 0.05) is 22.2 Å². The first-order valence-electron chi connectivity index (χ1n) is 13.6. The molecule has 212 valence electrons. The zero-order chi connectivity index (χ0) is 29.5. The monoisotopic (exact) mass is 632 g/mol. The smallest absolute Gasteiger partial charge is 0.259 e. The average Bonchev–Trinajstić information content (AvgIpc) is 3.20. The number of rotatable bonds is 6. The van der Waals surface area contributed by atoms with Crippen LogP contribution in [0.2, 0.25) is 0 Å². The lowest BCUT2D eigenvalue weighted by Crippen LogP contribution is -2.55. The third-order valence-corrected chi connectivity index (χ3v) is 9.70. The number of nitrogens with one attached hydrogen (secondary N) is 1. The molecule has 0 spiro atoms. The molecule has 9 heteroatoms. The lowest BCUT2D eigenvalue weighted by Gasteiger charge is -2.30. The maximum Gasteiger partial charge on any atom is 0.259 e. The zero-order valence-electron chi connectivity index (χ0n) is 23.5. The molecule has 2 heterocycles. The summed E-state index contributed by atoms with van der Waals surface area (Å²) in [6.07, 6.45) is 1.05. The van der Waals surface area contributed by atoms with Crippen molar-refractivity contribution in [1.29, 1.82) is 0 Å². The molecule has 1 atom stereocenters. The fraction of sp³-hybridized carbons (Fsp3) is 0.281. The Bertz CT molecular complexity index is 1660. The molecule has 0 aliphatic carbocycles. The third kappa shape index (κ3) is 5.41. The molecular weight excluding hydrogens is 600 g/mol. The minimum absolute atomic E-state index is 0.149. The van der Waals surface area contributed by atoms with E-state index in [4.69, 9.17) is 5.73 Å². The number of nitrogens with zero attached hydrogens (tertiary/aromatic N) is 2. The quantitative estimate of drug-likeness (QED) is 0.255. The van der Waals surface area contributed by atoms with Crippen molar-refractivity contribution in [3.8, 4) is 0 Å². The summed E-state index contributed by atoms with van der Waals surface area (Å²) in [4.78, 5) is 44.5. The van der Waals surface area contributed by atoms with E-state index in [9.17, 15) is 14.4 Å². The Hall–Kier alpha value is -3.53. The van der Waals surface area contributed by atoms with Gasteiger partial charge in [-0.3, -0.25) is 24.2 Å². The third-order valence-electron chi connectivity index (χ3n) is 7.44. The lowest BCUT2D eigenvalue weighted by molar-refractivity contribution is -0.130.